The fraction of sp³-hybridized carbons (Fsp3) is 0.300. The van der Waals surface area contributed by atoms with Gasteiger partial charge in [0.1, 0.15) is 22.3 Å². The largest absolute Gasteiger partial charge is 0.515 e. The molecule has 3 aromatic rings. The summed E-state index contributed by atoms with van der Waals surface area (Å²) in [6.45, 7) is 2.44. The Morgan fingerprint density at radius 2 is 1.82 bits per heavy atom. The molecule has 0 aliphatic heterocycles. The van der Waals surface area contributed by atoms with Crippen molar-refractivity contribution in [1.29, 1.82) is 0 Å². The van der Waals surface area contributed by atoms with E-state index >= 15 is 0 Å². The van der Waals surface area contributed by atoms with E-state index in [1.807, 2.05) is 19.0 Å². The van der Waals surface area contributed by atoms with Gasteiger partial charge in [-0.25, -0.2) is 4.98 Å². The van der Waals surface area contributed by atoms with Gasteiger partial charge in [0, 0.05) is 18.7 Å². The number of phenols is 1. The second kappa shape index (κ2) is 9.94. The Morgan fingerprint density at radius 3 is 2.36 bits per heavy atom. The molecule has 33 heavy (non-hydrogen) atoms. The number of nitrogens with zero attached hydrogens (tertiary/aromatic N) is 2. The number of aliphatic hydroxyl groups is 1. The molecule has 0 aliphatic rings. The molecular formula is C20H24N4O8S. The molecule has 1 amide bonds. The number of fused-ring (bicyclic) bond motifs is 2. The van der Waals surface area contributed by atoms with E-state index in [1.54, 1.807) is 0 Å². The molecule has 5 N–H and O–H groups in total. The first-order chi connectivity index (χ1) is 15.3. The van der Waals surface area contributed by atoms with Crippen LogP contribution < -0.4 is 21.4 Å². The maximum absolute atomic E-state index is 12.6. The third-order valence-corrected chi connectivity index (χ3v) is 4.50. The van der Waals surface area contributed by atoms with E-state index in [2.05, 4.69) is 15.3 Å². The van der Waals surface area contributed by atoms with Gasteiger partial charge in [-0.3, -0.25) is 18.9 Å². The van der Waals surface area contributed by atoms with Gasteiger partial charge in [-0.05, 0) is 33.2 Å². The van der Waals surface area contributed by atoms with Crippen molar-refractivity contribution in [3.05, 3.63) is 48.9 Å². The number of aliphatic hydroxyl groups excluding tert-OH is 1. The number of carbonyl (C=O) groups excluding carboxylic acids is 1. The number of rotatable bonds is 4. The average Bonchev–Trinajstić information content (AvgIpc) is 2.70. The second-order valence-corrected chi connectivity index (χ2v) is 8.90. The molecule has 1 aromatic heterocycles. The van der Waals surface area contributed by atoms with E-state index < -0.39 is 32.6 Å². The molecule has 3 rings (SSSR count). The molecule has 0 saturated carbocycles. The fourth-order valence-corrected chi connectivity index (χ4v) is 2.93. The van der Waals surface area contributed by atoms with Gasteiger partial charge in [0.05, 0.1) is 28.8 Å². The predicted molar refractivity (Wildman–Crippen MR) is 123 cm³/mol. The zero-order valence-corrected chi connectivity index (χ0v) is 19.1. The number of aromatic nitrogens is 2. The molecule has 13 heteroatoms. The summed E-state index contributed by atoms with van der Waals surface area (Å²) in [5.41, 5.74) is -0.839. The van der Waals surface area contributed by atoms with Crippen LogP contribution in [0, 0.1) is 6.92 Å². The van der Waals surface area contributed by atoms with Crippen LogP contribution in [-0.4, -0.2) is 77.4 Å². The van der Waals surface area contributed by atoms with Crippen LogP contribution in [0.25, 0.3) is 28.3 Å². The Hall–Kier alpha value is -3.55. The van der Waals surface area contributed by atoms with Gasteiger partial charge >= 0.3 is 0 Å². The Bertz CT molecular complexity index is 1490. The normalized spacial score (nSPS) is 12.1. The van der Waals surface area contributed by atoms with Crippen molar-refractivity contribution in [2.24, 2.45) is 0 Å². The molecule has 0 saturated heterocycles. The second-order valence-electron chi connectivity index (χ2n) is 7.43. The van der Waals surface area contributed by atoms with E-state index in [4.69, 9.17) is 4.55 Å². The van der Waals surface area contributed by atoms with Crippen LogP contribution in [0.15, 0.2) is 21.7 Å². The van der Waals surface area contributed by atoms with Gasteiger partial charge < -0.3 is 25.4 Å². The van der Waals surface area contributed by atoms with Gasteiger partial charge in [0.25, 0.3) is 16.0 Å². The predicted octanol–water partition coefficient (Wildman–Crippen LogP) is -0.739. The molecule has 178 valence electrons. The first-order valence-corrected chi connectivity index (χ1v) is 11.3. The van der Waals surface area contributed by atoms with Gasteiger partial charge in [-0.15, -0.1) is 0 Å². The highest BCUT2D eigenvalue weighted by Gasteiger charge is 2.18. The Labute approximate surface area is 187 Å². The van der Waals surface area contributed by atoms with Crippen molar-refractivity contribution in [3.8, 4) is 5.75 Å². The number of hydrogen-bond donors (Lipinski definition) is 5. The van der Waals surface area contributed by atoms with Crippen LogP contribution in [0.3, 0.4) is 0 Å². The Kier molecular flexibility index (Phi) is 7.74. The third kappa shape index (κ3) is 6.03. The number of nitrogens with one attached hydrogen (secondary N) is 2. The van der Waals surface area contributed by atoms with Crippen LogP contribution in [-0.2, 0) is 10.1 Å². The molecule has 1 heterocycles. The van der Waals surface area contributed by atoms with Crippen molar-refractivity contribution < 1.29 is 28.0 Å². The standard InChI is InChI=1S/C19H20N4O5.CH4O3S/c1-9-17(26)11(8-24)14-16(18(9)27)22-13-10(4-5-12(25)15(13)21-14)19(28)20-6-7-23(2)3;1-5(2,3)4/h4-5,8,22,24,26H,6-7H2,1-3H3,(H,20,28);1H3,(H,2,3,4)/b11-8-;. The van der Waals surface area contributed by atoms with Crippen LogP contribution in [0.5, 0.6) is 5.75 Å². The number of phenolic OH excluding ortho intramolecular Hbond substituents is 1. The Morgan fingerprint density at radius 1 is 1.21 bits per heavy atom. The summed E-state index contributed by atoms with van der Waals surface area (Å²) in [5, 5.41) is 22.3. The summed E-state index contributed by atoms with van der Waals surface area (Å²) in [4.78, 5) is 46.3. The summed E-state index contributed by atoms with van der Waals surface area (Å²) < 4.78 is 25.9. The van der Waals surface area contributed by atoms with E-state index in [0.29, 0.717) is 25.6 Å². The molecule has 12 nitrogen and oxygen atoms in total. The number of carbonyl (C=O) groups is 1. The minimum Gasteiger partial charge on any atom is -0.515 e. The number of benzene rings is 2. The number of aromatic hydroxyl groups is 1. The van der Waals surface area contributed by atoms with Gasteiger partial charge in [0.15, 0.2) is 0 Å². The molecule has 0 bridgehead atoms. The number of amides is 1. The fourth-order valence-electron chi connectivity index (χ4n) is 2.93. The lowest BCUT2D eigenvalue weighted by molar-refractivity contribution is 0.0952. The van der Waals surface area contributed by atoms with Crippen LogP contribution in [0.1, 0.15) is 15.9 Å². The zero-order chi connectivity index (χ0) is 25.1. The Balaban J connectivity index is 0.000000696. The third-order valence-electron chi connectivity index (χ3n) is 4.50. The topological polar surface area (TPSA) is 190 Å². The lowest BCUT2D eigenvalue weighted by Crippen LogP contribution is -2.32. The van der Waals surface area contributed by atoms with E-state index in [9.17, 15) is 33.0 Å². The highest BCUT2D eigenvalue weighted by molar-refractivity contribution is 7.85. The minimum absolute atomic E-state index is 0.0143. The van der Waals surface area contributed by atoms with Gasteiger partial charge in [0.2, 0.25) is 10.9 Å². The molecule has 0 unspecified atom stereocenters. The van der Waals surface area contributed by atoms with E-state index in [1.165, 1.54) is 19.1 Å². The van der Waals surface area contributed by atoms with Crippen molar-refractivity contribution in [3.63, 3.8) is 0 Å². The van der Waals surface area contributed by atoms with Crippen molar-refractivity contribution in [2.45, 2.75) is 6.92 Å². The maximum Gasteiger partial charge on any atom is 0.261 e. The lowest BCUT2D eigenvalue weighted by Gasteiger charge is -2.12. The molecule has 2 aromatic carbocycles. The summed E-state index contributed by atoms with van der Waals surface area (Å²) in [5.74, 6) is -0.827. The number of aromatic amines is 1. The molecule has 0 aliphatic carbocycles. The first kappa shape index (κ1) is 25.7. The van der Waals surface area contributed by atoms with E-state index in [-0.39, 0.29) is 38.4 Å². The number of likely N-dealkylation sites (N-methyl/N-ethyl adjacent to an activating group) is 1. The molecule has 0 radical (unpaired) electrons. The summed E-state index contributed by atoms with van der Waals surface area (Å²) >= 11 is 0. The van der Waals surface area contributed by atoms with Crippen LogP contribution in [0.4, 0.5) is 0 Å². The SMILES string of the molecule is CS(=O)(=O)O.Cc1c(O)/c(=C\O)c2nc3c(=O)ccc(C(=O)NCCN(C)C)c3[nH]c2c1=O. The van der Waals surface area contributed by atoms with Crippen molar-refractivity contribution >= 4 is 44.4 Å². The monoisotopic (exact) mass is 480 g/mol. The number of hydrogen-bond acceptors (Lipinski definition) is 9. The highest BCUT2D eigenvalue weighted by atomic mass is 32.2. The van der Waals surface area contributed by atoms with Gasteiger partial charge in [-0.2, -0.15) is 8.42 Å². The van der Waals surface area contributed by atoms with Crippen LogP contribution in [0.2, 0.25) is 0 Å². The zero-order valence-electron chi connectivity index (χ0n) is 18.3. The highest BCUT2D eigenvalue weighted by Crippen LogP contribution is 2.17. The molecular weight excluding hydrogens is 456 g/mol. The first-order valence-electron chi connectivity index (χ1n) is 9.48. The lowest BCUT2D eigenvalue weighted by atomic mass is 10.1. The smallest absolute Gasteiger partial charge is 0.261 e. The molecule has 0 atom stereocenters. The summed E-state index contributed by atoms with van der Waals surface area (Å²) in [6.07, 6.45) is 1.34. The van der Waals surface area contributed by atoms with Crippen molar-refractivity contribution in [1.82, 2.24) is 20.2 Å². The maximum atomic E-state index is 12.6. The van der Waals surface area contributed by atoms with Crippen molar-refractivity contribution in [2.75, 3.05) is 33.4 Å². The van der Waals surface area contributed by atoms with Crippen LogP contribution >= 0.6 is 0 Å². The average molecular weight is 480 g/mol. The summed E-state index contributed by atoms with van der Waals surface area (Å²) in [6, 6.07) is 2.58. The summed E-state index contributed by atoms with van der Waals surface area (Å²) in [7, 11) is 0.0851. The minimum atomic E-state index is -3.67. The van der Waals surface area contributed by atoms with Gasteiger partial charge in [-0.1, -0.05) is 0 Å². The number of H-pyrrole nitrogens is 1. The molecule has 0 fully saturated rings. The quantitative estimate of drug-likeness (QED) is 0.235. The molecule has 0 spiro atoms. The van der Waals surface area contributed by atoms with E-state index in [0.717, 1.165) is 0 Å².